The van der Waals surface area contributed by atoms with Crippen molar-refractivity contribution in [1.29, 1.82) is 0 Å². The zero-order valence-corrected chi connectivity index (χ0v) is 13.8. The molecule has 1 aromatic carbocycles. The third-order valence-electron chi connectivity index (χ3n) is 4.32. The number of sulfonamides is 1. The molecule has 0 bridgehead atoms. The van der Waals surface area contributed by atoms with Crippen molar-refractivity contribution in [2.75, 3.05) is 19.6 Å². The maximum absolute atomic E-state index is 12.9. The van der Waals surface area contributed by atoms with E-state index >= 15 is 0 Å². The lowest BCUT2D eigenvalue weighted by Gasteiger charge is -2.34. The number of benzene rings is 1. The molecule has 0 unspecified atom stereocenters. The summed E-state index contributed by atoms with van der Waals surface area (Å²) in [4.78, 5) is 24.6. The van der Waals surface area contributed by atoms with Gasteiger partial charge in [-0.25, -0.2) is 21.9 Å². The van der Waals surface area contributed by atoms with Crippen LogP contribution in [-0.4, -0.2) is 55.2 Å². The van der Waals surface area contributed by atoms with Gasteiger partial charge in [-0.3, -0.25) is 9.69 Å². The number of carbonyl (C=O) groups is 2. The van der Waals surface area contributed by atoms with Crippen molar-refractivity contribution >= 4 is 22.0 Å². The predicted molar refractivity (Wildman–Crippen MR) is 83.9 cm³/mol. The van der Waals surface area contributed by atoms with Crippen LogP contribution in [0.4, 0.5) is 9.18 Å². The number of rotatable bonds is 4. The van der Waals surface area contributed by atoms with E-state index in [1.54, 1.807) is 0 Å². The van der Waals surface area contributed by atoms with Gasteiger partial charge < -0.3 is 5.32 Å². The van der Waals surface area contributed by atoms with E-state index < -0.39 is 21.9 Å². The van der Waals surface area contributed by atoms with E-state index in [0.29, 0.717) is 18.4 Å². The highest BCUT2D eigenvalue weighted by molar-refractivity contribution is 7.88. The highest BCUT2D eigenvalue weighted by atomic mass is 32.2. The fourth-order valence-corrected chi connectivity index (χ4v) is 4.63. The highest BCUT2D eigenvalue weighted by Crippen LogP contribution is 2.22. The van der Waals surface area contributed by atoms with Gasteiger partial charge in [0.25, 0.3) is 0 Å². The molecule has 2 heterocycles. The first-order chi connectivity index (χ1) is 11.4. The summed E-state index contributed by atoms with van der Waals surface area (Å²) in [7, 11) is -3.52. The molecule has 2 aliphatic heterocycles. The third kappa shape index (κ3) is 3.41. The molecule has 2 saturated heterocycles. The summed E-state index contributed by atoms with van der Waals surface area (Å²) in [5.74, 6) is -0.876. The first-order valence-electron chi connectivity index (χ1n) is 7.69. The Morgan fingerprint density at radius 3 is 2.29 bits per heavy atom. The molecule has 0 saturated carbocycles. The topological polar surface area (TPSA) is 86.8 Å². The summed E-state index contributed by atoms with van der Waals surface area (Å²) in [5, 5.41) is 2.47. The number of urea groups is 1. The molecule has 3 amide bonds. The van der Waals surface area contributed by atoms with Crippen molar-refractivity contribution in [2.45, 2.75) is 24.6 Å². The second-order valence-corrected chi connectivity index (χ2v) is 7.90. The third-order valence-corrected chi connectivity index (χ3v) is 6.17. The van der Waals surface area contributed by atoms with Crippen LogP contribution in [0.5, 0.6) is 0 Å². The minimum Gasteiger partial charge on any atom is -0.329 e. The Hall–Kier alpha value is -2.00. The lowest BCUT2D eigenvalue weighted by molar-refractivity contribution is -0.127. The van der Waals surface area contributed by atoms with Gasteiger partial charge in [-0.05, 0) is 30.5 Å². The molecule has 24 heavy (non-hydrogen) atoms. The highest BCUT2D eigenvalue weighted by Gasteiger charge is 2.38. The Morgan fingerprint density at radius 2 is 1.75 bits per heavy atom. The number of nitrogens with one attached hydrogen (secondary N) is 1. The molecule has 0 radical (unpaired) electrons. The molecule has 7 nitrogen and oxygen atoms in total. The molecule has 0 aliphatic carbocycles. The first-order valence-corrected chi connectivity index (χ1v) is 9.30. The summed E-state index contributed by atoms with van der Waals surface area (Å²) in [6.07, 6.45) is 0.837. The number of piperidine rings is 1. The molecule has 9 heteroatoms. The lowest BCUT2D eigenvalue weighted by Crippen LogP contribution is -2.49. The molecule has 0 spiro atoms. The Labute approximate surface area is 139 Å². The maximum Gasteiger partial charge on any atom is 0.324 e. The molecule has 0 aromatic heterocycles. The van der Waals surface area contributed by atoms with Gasteiger partial charge in [0, 0.05) is 19.1 Å². The second kappa shape index (κ2) is 6.48. The van der Waals surface area contributed by atoms with Crippen LogP contribution in [-0.2, 0) is 20.6 Å². The summed E-state index contributed by atoms with van der Waals surface area (Å²) in [5.41, 5.74) is 0.521. The number of imide groups is 1. The zero-order valence-electron chi connectivity index (χ0n) is 12.9. The van der Waals surface area contributed by atoms with Crippen molar-refractivity contribution in [3.63, 3.8) is 0 Å². The van der Waals surface area contributed by atoms with Crippen molar-refractivity contribution in [3.05, 3.63) is 35.6 Å². The standard InChI is InChI=1S/C15H18FN3O4S/c16-12-3-1-11(2-4-12)10-24(22,23)18-7-5-13(6-8-18)19-14(20)9-17-15(19)21/h1-4,13H,5-10H2,(H,17,21). The van der Waals surface area contributed by atoms with E-state index in [2.05, 4.69) is 5.32 Å². The van der Waals surface area contributed by atoms with Gasteiger partial charge in [-0.2, -0.15) is 0 Å². The first kappa shape index (κ1) is 16.8. The van der Waals surface area contributed by atoms with Crippen LogP contribution in [0.15, 0.2) is 24.3 Å². The van der Waals surface area contributed by atoms with Gasteiger partial charge in [0.05, 0.1) is 12.3 Å². The quantitative estimate of drug-likeness (QED) is 0.805. The SMILES string of the molecule is O=C1CNC(=O)N1C1CCN(S(=O)(=O)Cc2ccc(F)cc2)CC1. The van der Waals surface area contributed by atoms with Crippen LogP contribution in [0.3, 0.4) is 0 Å². The van der Waals surface area contributed by atoms with Crippen molar-refractivity contribution < 1.29 is 22.4 Å². The van der Waals surface area contributed by atoms with Gasteiger partial charge in [-0.15, -0.1) is 0 Å². The van der Waals surface area contributed by atoms with Gasteiger partial charge in [0.1, 0.15) is 5.82 Å². The zero-order chi connectivity index (χ0) is 17.3. The average Bonchev–Trinajstić information content (AvgIpc) is 2.88. The van der Waals surface area contributed by atoms with Crippen molar-refractivity contribution in [3.8, 4) is 0 Å². The maximum atomic E-state index is 12.9. The molecule has 2 aliphatic rings. The van der Waals surface area contributed by atoms with E-state index in [9.17, 15) is 22.4 Å². The number of hydrogen-bond acceptors (Lipinski definition) is 4. The molecular formula is C15H18FN3O4S. The van der Waals surface area contributed by atoms with Gasteiger partial charge in [0.2, 0.25) is 15.9 Å². The lowest BCUT2D eigenvalue weighted by atomic mass is 10.1. The van der Waals surface area contributed by atoms with Gasteiger partial charge in [-0.1, -0.05) is 12.1 Å². The smallest absolute Gasteiger partial charge is 0.324 e. The van der Waals surface area contributed by atoms with Gasteiger partial charge in [0.15, 0.2) is 0 Å². The molecule has 2 fully saturated rings. The minimum absolute atomic E-state index is 0.00190. The van der Waals surface area contributed by atoms with Crippen LogP contribution in [0, 0.1) is 5.82 Å². The number of hydrogen-bond donors (Lipinski definition) is 1. The molecule has 3 rings (SSSR count). The minimum atomic E-state index is -3.52. The molecule has 0 atom stereocenters. The number of amides is 3. The fraction of sp³-hybridized carbons (Fsp3) is 0.467. The van der Waals surface area contributed by atoms with E-state index in [-0.39, 0.29) is 37.3 Å². The van der Waals surface area contributed by atoms with Gasteiger partial charge >= 0.3 is 6.03 Å². The largest absolute Gasteiger partial charge is 0.329 e. The van der Waals surface area contributed by atoms with E-state index in [0.717, 1.165) is 0 Å². The fourth-order valence-electron chi connectivity index (χ4n) is 3.07. The molecule has 1 N–H and O–H groups in total. The number of halogens is 1. The molecule has 1 aromatic rings. The van der Waals surface area contributed by atoms with E-state index in [4.69, 9.17) is 0 Å². The summed E-state index contributed by atoms with van der Waals surface area (Å²) in [6.45, 7) is 0.512. The Kier molecular flexibility index (Phi) is 4.55. The average molecular weight is 355 g/mol. The van der Waals surface area contributed by atoms with Crippen LogP contribution < -0.4 is 5.32 Å². The number of nitrogens with zero attached hydrogens (tertiary/aromatic N) is 2. The van der Waals surface area contributed by atoms with Crippen LogP contribution in [0.1, 0.15) is 18.4 Å². The Balaban J connectivity index is 1.62. The monoisotopic (exact) mass is 355 g/mol. The van der Waals surface area contributed by atoms with Crippen LogP contribution >= 0.6 is 0 Å². The summed E-state index contributed by atoms with van der Waals surface area (Å²) in [6, 6.07) is 4.69. The summed E-state index contributed by atoms with van der Waals surface area (Å²) < 4.78 is 39.2. The van der Waals surface area contributed by atoms with E-state index in [1.165, 1.54) is 33.5 Å². The predicted octanol–water partition coefficient (Wildman–Crippen LogP) is 0.672. The second-order valence-electron chi connectivity index (χ2n) is 5.94. The van der Waals surface area contributed by atoms with Crippen molar-refractivity contribution in [1.82, 2.24) is 14.5 Å². The normalized spacial score (nSPS) is 20.5. The van der Waals surface area contributed by atoms with E-state index in [1.807, 2.05) is 0 Å². The van der Waals surface area contributed by atoms with Crippen LogP contribution in [0.25, 0.3) is 0 Å². The van der Waals surface area contributed by atoms with Crippen molar-refractivity contribution in [2.24, 2.45) is 0 Å². The molecule has 130 valence electrons. The summed E-state index contributed by atoms with van der Waals surface area (Å²) >= 11 is 0. The molecular weight excluding hydrogens is 337 g/mol. The van der Waals surface area contributed by atoms with Crippen LogP contribution in [0.2, 0.25) is 0 Å². The number of carbonyl (C=O) groups excluding carboxylic acids is 2. The Bertz CT molecular complexity index is 726. The Morgan fingerprint density at radius 1 is 1.12 bits per heavy atom.